The predicted molar refractivity (Wildman–Crippen MR) is 102 cm³/mol. The third-order valence-corrected chi connectivity index (χ3v) is 8.20. The van der Waals surface area contributed by atoms with Gasteiger partial charge in [0.25, 0.3) is 0 Å². The SMILES string of the molecule is C=C1C(=O)[C@]23C[C@H]1C[C@H](O)[C@H]2[C@@]1(COC(C)=O)[C@H](CO)C(C)(C)CO[C@@H]1CC3=O. The van der Waals surface area contributed by atoms with Crippen LogP contribution in [0.2, 0.25) is 0 Å². The van der Waals surface area contributed by atoms with Crippen molar-refractivity contribution >= 4 is 17.5 Å². The van der Waals surface area contributed by atoms with Gasteiger partial charge in [-0.05, 0) is 29.7 Å². The van der Waals surface area contributed by atoms with Gasteiger partial charge < -0.3 is 19.7 Å². The molecule has 4 aliphatic rings. The highest BCUT2D eigenvalue weighted by Gasteiger charge is 2.76. The second-order valence-corrected chi connectivity index (χ2v) is 10.1. The van der Waals surface area contributed by atoms with Crippen molar-refractivity contribution in [1.29, 1.82) is 0 Å². The van der Waals surface area contributed by atoms with Gasteiger partial charge in [0, 0.05) is 37.2 Å². The quantitative estimate of drug-likeness (QED) is 0.410. The van der Waals surface area contributed by atoms with Crippen molar-refractivity contribution in [2.75, 3.05) is 19.8 Å². The zero-order chi connectivity index (χ0) is 21.4. The van der Waals surface area contributed by atoms with Gasteiger partial charge in [0.2, 0.25) is 0 Å². The topological polar surface area (TPSA) is 110 Å². The Kier molecular flexibility index (Phi) is 4.61. The minimum atomic E-state index is -1.37. The second-order valence-electron chi connectivity index (χ2n) is 10.1. The maximum absolute atomic E-state index is 13.4. The summed E-state index contributed by atoms with van der Waals surface area (Å²) in [7, 11) is 0. The van der Waals surface area contributed by atoms with E-state index >= 15 is 0 Å². The van der Waals surface area contributed by atoms with Gasteiger partial charge in [0.05, 0.1) is 24.2 Å². The molecule has 4 rings (SSSR count). The summed E-state index contributed by atoms with van der Waals surface area (Å²) in [4.78, 5) is 38.5. The highest BCUT2D eigenvalue weighted by atomic mass is 16.5. The maximum Gasteiger partial charge on any atom is 0.302 e. The molecule has 1 heterocycles. The summed E-state index contributed by atoms with van der Waals surface area (Å²) in [6, 6.07) is 0. The number of ether oxygens (including phenoxy) is 2. The fraction of sp³-hybridized carbons (Fsp3) is 0.773. The van der Waals surface area contributed by atoms with E-state index in [9.17, 15) is 24.6 Å². The molecule has 0 amide bonds. The predicted octanol–water partition coefficient (Wildman–Crippen LogP) is 1.05. The first-order valence-corrected chi connectivity index (χ1v) is 10.3. The number of aliphatic hydroxyl groups excluding tert-OH is 2. The molecule has 0 aromatic heterocycles. The number of rotatable bonds is 3. The van der Waals surface area contributed by atoms with Gasteiger partial charge in [-0.1, -0.05) is 20.4 Å². The van der Waals surface area contributed by atoms with Gasteiger partial charge in [-0.3, -0.25) is 14.4 Å². The molecule has 2 bridgehead atoms. The third kappa shape index (κ3) is 2.50. The molecule has 160 valence electrons. The molecule has 2 N–H and O–H groups in total. The zero-order valence-corrected chi connectivity index (χ0v) is 17.3. The summed E-state index contributed by atoms with van der Waals surface area (Å²) in [5, 5.41) is 21.7. The standard InChI is InChI=1S/C22H30O7/c1-11-13-5-14(25)18-21(7-13,19(11)27)16(26)6-17-22(18,10-28-12(2)24)15(8-23)20(3,4)9-29-17/h13-15,17-18,23,25H,1,5-10H2,2-4H3/t13-,14+,15-,17-,18-,21+,22+/m1/s1. The number of hydrogen-bond acceptors (Lipinski definition) is 7. The van der Waals surface area contributed by atoms with Gasteiger partial charge in [-0.2, -0.15) is 0 Å². The highest BCUT2D eigenvalue weighted by molar-refractivity contribution is 6.17. The zero-order valence-electron chi connectivity index (χ0n) is 17.3. The molecule has 0 aromatic rings. The molecule has 1 aliphatic heterocycles. The largest absolute Gasteiger partial charge is 0.465 e. The molecule has 3 aliphatic carbocycles. The van der Waals surface area contributed by atoms with Crippen LogP contribution >= 0.6 is 0 Å². The molecule has 0 radical (unpaired) electrons. The van der Waals surface area contributed by atoms with E-state index in [1.54, 1.807) is 0 Å². The Labute approximate surface area is 170 Å². The Morgan fingerprint density at radius 1 is 1.34 bits per heavy atom. The minimum absolute atomic E-state index is 0.00278. The van der Waals surface area contributed by atoms with E-state index in [-0.39, 0.29) is 37.1 Å². The average Bonchev–Trinajstić information content (AvgIpc) is 2.83. The van der Waals surface area contributed by atoms with Gasteiger partial charge in [-0.15, -0.1) is 0 Å². The van der Waals surface area contributed by atoms with Crippen LogP contribution in [0, 0.1) is 34.0 Å². The summed E-state index contributed by atoms with van der Waals surface area (Å²) in [6.45, 7) is 9.13. The van der Waals surface area contributed by atoms with Crippen molar-refractivity contribution < 1.29 is 34.1 Å². The van der Waals surface area contributed by atoms with Crippen LogP contribution in [0.5, 0.6) is 0 Å². The molecular weight excluding hydrogens is 376 g/mol. The number of carbonyl (C=O) groups excluding carboxylic acids is 3. The Bertz CT molecular complexity index is 786. The van der Waals surface area contributed by atoms with Crippen LogP contribution in [0.15, 0.2) is 12.2 Å². The molecular formula is C22H30O7. The second kappa shape index (κ2) is 6.46. The van der Waals surface area contributed by atoms with Crippen LogP contribution in [-0.2, 0) is 23.9 Å². The molecule has 0 unspecified atom stereocenters. The molecule has 4 fully saturated rings. The molecule has 3 saturated carbocycles. The molecule has 29 heavy (non-hydrogen) atoms. The Morgan fingerprint density at radius 2 is 2.03 bits per heavy atom. The summed E-state index contributed by atoms with van der Waals surface area (Å²) in [6.07, 6.45) is -0.924. The number of esters is 1. The minimum Gasteiger partial charge on any atom is -0.465 e. The van der Waals surface area contributed by atoms with E-state index in [1.165, 1.54) is 6.92 Å². The van der Waals surface area contributed by atoms with Crippen LogP contribution in [0.4, 0.5) is 0 Å². The number of ketones is 2. The number of hydrogen-bond donors (Lipinski definition) is 2. The first kappa shape index (κ1) is 20.7. The lowest BCUT2D eigenvalue weighted by Gasteiger charge is -2.64. The molecule has 0 aromatic carbocycles. The third-order valence-electron chi connectivity index (χ3n) is 8.20. The summed E-state index contributed by atoms with van der Waals surface area (Å²) in [5.74, 6) is -2.44. The molecule has 7 atom stereocenters. The smallest absolute Gasteiger partial charge is 0.302 e. The number of Topliss-reactive ketones (excluding diaryl/α,β-unsaturated/α-hetero) is 2. The Morgan fingerprint density at radius 3 is 2.66 bits per heavy atom. The number of aliphatic hydroxyl groups is 2. The van der Waals surface area contributed by atoms with Crippen molar-refractivity contribution in [2.24, 2.45) is 34.0 Å². The lowest BCUT2D eigenvalue weighted by Crippen LogP contribution is -2.72. The van der Waals surface area contributed by atoms with Gasteiger partial charge in [0.1, 0.15) is 12.4 Å². The molecule has 1 spiro atoms. The normalized spacial score (nSPS) is 45.6. The molecule has 7 heteroatoms. The van der Waals surface area contributed by atoms with E-state index in [2.05, 4.69) is 6.58 Å². The van der Waals surface area contributed by atoms with E-state index in [0.29, 0.717) is 25.0 Å². The van der Waals surface area contributed by atoms with Crippen LogP contribution in [0.3, 0.4) is 0 Å². The Hall–Kier alpha value is -1.57. The van der Waals surface area contributed by atoms with Crippen LogP contribution < -0.4 is 0 Å². The van der Waals surface area contributed by atoms with E-state index in [4.69, 9.17) is 9.47 Å². The van der Waals surface area contributed by atoms with Crippen molar-refractivity contribution in [3.63, 3.8) is 0 Å². The first-order valence-electron chi connectivity index (χ1n) is 10.3. The average molecular weight is 406 g/mol. The number of fused-ring (bicyclic) bond motifs is 3. The molecule has 1 saturated heterocycles. The van der Waals surface area contributed by atoms with Crippen molar-refractivity contribution in [1.82, 2.24) is 0 Å². The van der Waals surface area contributed by atoms with Crippen molar-refractivity contribution in [3.8, 4) is 0 Å². The lowest BCUT2D eigenvalue weighted by atomic mass is 9.42. The van der Waals surface area contributed by atoms with E-state index in [0.717, 1.165) is 0 Å². The highest BCUT2D eigenvalue weighted by Crippen LogP contribution is 2.68. The van der Waals surface area contributed by atoms with Gasteiger partial charge in [-0.25, -0.2) is 0 Å². The fourth-order valence-electron chi connectivity index (χ4n) is 7.02. The van der Waals surface area contributed by atoms with Crippen LogP contribution in [0.1, 0.15) is 40.0 Å². The summed E-state index contributed by atoms with van der Waals surface area (Å²) < 4.78 is 11.6. The number of allylic oxidation sites excluding steroid dienone is 1. The lowest BCUT2D eigenvalue weighted by molar-refractivity contribution is -0.273. The first-order chi connectivity index (χ1) is 13.5. The van der Waals surface area contributed by atoms with Crippen molar-refractivity contribution in [3.05, 3.63) is 12.2 Å². The Balaban J connectivity index is 1.95. The maximum atomic E-state index is 13.4. The molecule has 7 nitrogen and oxygen atoms in total. The summed E-state index contributed by atoms with van der Waals surface area (Å²) in [5.41, 5.74) is -2.51. The van der Waals surface area contributed by atoms with Gasteiger partial charge >= 0.3 is 5.97 Å². The van der Waals surface area contributed by atoms with E-state index < -0.39 is 46.3 Å². The van der Waals surface area contributed by atoms with Crippen LogP contribution in [-0.4, -0.2) is 59.8 Å². The monoisotopic (exact) mass is 406 g/mol. The fourth-order valence-corrected chi connectivity index (χ4v) is 7.02. The van der Waals surface area contributed by atoms with E-state index in [1.807, 2.05) is 13.8 Å². The van der Waals surface area contributed by atoms with Gasteiger partial charge in [0.15, 0.2) is 5.78 Å². The summed E-state index contributed by atoms with van der Waals surface area (Å²) >= 11 is 0. The number of carbonyl (C=O) groups is 3. The van der Waals surface area contributed by atoms with Crippen LogP contribution in [0.25, 0.3) is 0 Å². The van der Waals surface area contributed by atoms with Crippen molar-refractivity contribution in [2.45, 2.75) is 52.2 Å².